The van der Waals surface area contributed by atoms with E-state index in [0.717, 1.165) is 12.6 Å². The first-order valence-electron chi connectivity index (χ1n) is 8.04. The molecule has 0 spiro atoms. The molecule has 2 unspecified atom stereocenters. The van der Waals surface area contributed by atoms with Gasteiger partial charge in [-0.2, -0.15) is 11.3 Å². The largest absolute Gasteiger partial charge is 0.327 e. The molecule has 1 aromatic heterocycles. The lowest BCUT2D eigenvalue weighted by Crippen LogP contribution is -2.45. The molecular weight excluding hydrogens is 264 g/mol. The molecule has 1 aromatic rings. The highest BCUT2D eigenvalue weighted by Crippen LogP contribution is 2.40. The predicted molar refractivity (Wildman–Crippen MR) is 86.8 cm³/mol. The van der Waals surface area contributed by atoms with Crippen molar-refractivity contribution in [3.05, 3.63) is 22.4 Å². The maximum Gasteiger partial charge on any atom is 0.0245 e. The van der Waals surface area contributed by atoms with Crippen molar-refractivity contribution >= 4 is 11.3 Å². The van der Waals surface area contributed by atoms with Gasteiger partial charge < -0.3 is 5.73 Å². The molecule has 2 aliphatic carbocycles. The van der Waals surface area contributed by atoms with Crippen LogP contribution in [0.1, 0.15) is 51.5 Å². The molecule has 2 fully saturated rings. The van der Waals surface area contributed by atoms with Crippen LogP contribution >= 0.6 is 11.3 Å². The lowest BCUT2D eigenvalue weighted by molar-refractivity contribution is 0.108. The van der Waals surface area contributed by atoms with E-state index in [1.807, 2.05) is 11.3 Å². The van der Waals surface area contributed by atoms with E-state index in [2.05, 4.69) is 35.6 Å². The summed E-state index contributed by atoms with van der Waals surface area (Å²) in [6.45, 7) is 7.14. The van der Waals surface area contributed by atoms with Crippen molar-refractivity contribution in [3.8, 4) is 0 Å². The molecule has 2 aliphatic rings. The van der Waals surface area contributed by atoms with Crippen LogP contribution in [0.3, 0.4) is 0 Å². The zero-order valence-corrected chi connectivity index (χ0v) is 13.7. The molecule has 0 bridgehead atoms. The average molecular weight is 292 g/mol. The normalized spacial score (nSPS) is 29.8. The fourth-order valence-electron chi connectivity index (χ4n) is 3.66. The molecule has 2 N–H and O–H groups in total. The number of thiophene rings is 1. The standard InChI is InChI=1S/C17H28N2S/c1-17(2)7-5-16(18)14(9-17)11-19(15-3-4-15)10-13-6-8-20-12-13/h6,8,12,14-16H,3-5,7,9-11,18H2,1-2H3. The monoisotopic (exact) mass is 292 g/mol. The van der Waals surface area contributed by atoms with Crippen molar-refractivity contribution in [3.63, 3.8) is 0 Å². The lowest BCUT2D eigenvalue weighted by Gasteiger charge is -2.41. The van der Waals surface area contributed by atoms with Crippen LogP contribution in [-0.2, 0) is 6.54 Å². The van der Waals surface area contributed by atoms with E-state index in [1.54, 1.807) is 0 Å². The Kier molecular flexibility index (Phi) is 4.21. The Hall–Kier alpha value is -0.380. The van der Waals surface area contributed by atoms with E-state index in [9.17, 15) is 0 Å². The second-order valence-electron chi connectivity index (χ2n) is 7.62. The number of rotatable bonds is 5. The van der Waals surface area contributed by atoms with Gasteiger partial charge in [0.1, 0.15) is 0 Å². The molecule has 0 radical (unpaired) electrons. The summed E-state index contributed by atoms with van der Waals surface area (Å²) in [6.07, 6.45) is 6.55. The summed E-state index contributed by atoms with van der Waals surface area (Å²) in [5.41, 5.74) is 8.38. The van der Waals surface area contributed by atoms with Gasteiger partial charge in [0.05, 0.1) is 0 Å². The summed E-state index contributed by atoms with van der Waals surface area (Å²) in [7, 11) is 0. The Morgan fingerprint density at radius 1 is 1.35 bits per heavy atom. The fourth-order valence-corrected chi connectivity index (χ4v) is 4.32. The van der Waals surface area contributed by atoms with Crippen LogP contribution in [0.2, 0.25) is 0 Å². The molecule has 2 nitrogen and oxygen atoms in total. The highest BCUT2D eigenvalue weighted by molar-refractivity contribution is 7.07. The van der Waals surface area contributed by atoms with Crippen LogP contribution in [0.5, 0.6) is 0 Å². The molecule has 3 rings (SSSR count). The van der Waals surface area contributed by atoms with Crippen molar-refractivity contribution in [1.82, 2.24) is 4.90 Å². The van der Waals surface area contributed by atoms with E-state index in [0.29, 0.717) is 17.4 Å². The van der Waals surface area contributed by atoms with Gasteiger partial charge >= 0.3 is 0 Å². The molecular formula is C17H28N2S. The van der Waals surface area contributed by atoms with Gasteiger partial charge in [-0.1, -0.05) is 13.8 Å². The first-order valence-corrected chi connectivity index (χ1v) is 8.98. The van der Waals surface area contributed by atoms with E-state index >= 15 is 0 Å². The van der Waals surface area contributed by atoms with Gasteiger partial charge in [-0.3, -0.25) is 4.90 Å². The SMILES string of the molecule is CC1(C)CCC(N)C(CN(Cc2ccsc2)C2CC2)C1. The number of nitrogens with two attached hydrogens (primary N) is 1. The van der Waals surface area contributed by atoms with Crippen molar-refractivity contribution in [2.75, 3.05) is 6.54 Å². The van der Waals surface area contributed by atoms with Crippen molar-refractivity contribution in [1.29, 1.82) is 0 Å². The lowest BCUT2D eigenvalue weighted by atomic mass is 9.70. The summed E-state index contributed by atoms with van der Waals surface area (Å²) in [5, 5.41) is 4.48. The summed E-state index contributed by atoms with van der Waals surface area (Å²) in [5.74, 6) is 0.679. The van der Waals surface area contributed by atoms with Crippen LogP contribution in [0.25, 0.3) is 0 Å². The highest BCUT2D eigenvalue weighted by Gasteiger charge is 2.37. The van der Waals surface area contributed by atoms with Gasteiger partial charge in [0, 0.05) is 25.2 Å². The van der Waals surface area contributed by atoms with Crippen LogP contribution in [-0.4, -0.2) is 23.5 Å². The van der Waals surface area contributed by atoms with Crippen molar-refractivity contribution in [2.24, 2.45) is 17.1 Å². The van der Waals surface area contributed by atoms with Crippen molar-refractivity contribution in [2.45, 2.75) is 64.6 Å². The third-order valence-electron chi connectivity index (χ3n) is 5.07. The minimum absolute atomic E-state index is 0.409. The molecule has 2 saturated carbocycles. The topological polar surface area (TPSA) is 29.3 Å². The van der Waals surface area contributed by atoms with Gasteiger partial charge in [-0.15, -0.1) is 0 Å². The number of hydrogen-bond donors (Lipinski definition) is 1. The zero-order chi connectivity index (χ0) is 14.2. The molecule has 20 heavy (non-hydrogen) atoms. The Balaban J connectivity index is 1.63. The fraction of sp³-hybridized carbons (Fsp3) is 0.765. The van der Waals surface area contributed by atoms with Gasteiger partial charge in [0.25, 0.3) is 0 Å². The molecule has 0 aliphatic heterocycles. The minimum atomic E-state index is 0.409. The molecule has 3 heteroatoms. The Bertz CT molecular complexity index is 422. The summed E-state index contributed by atoms with van der Waals surface area (Å²) >= 11 is 1.81. The predicted octanol–water partition coefficient (Wildman–Crippen LogP) is 3.87. The van der Waals surface area contributed by atoms with Crippen LogP contribution in [0.15, 0.2) is 16.8 Å². The average Bonchev–Trinajstić information content (AvgIpc) is 3.12. The van der Waals surface area contributed by atoms with E-state index in [-0.39, 0.29) is 0 Å². The van der Waals surface area contributed by atoms with E-state index in [1.165, 1.54) is 44.2 Å². The maximum absolute atomic E-state index is 6.42. The molecule has 1 heterocycles. The quantitative estimate of drug-likeness (QED) is 0.892. The van der Waals surface area contributed by atoms with Crippen LogP contribution < -0.4 is 5.73 Å². The van der Waals surface area contributed by atoms with Crippen LogP contribution in [0, 0.1) is 11.3 Å². The molecule has 0 amide bonds. The second kappa shape index (κ2) is 5.78. The second-order valence-corrected chi connectivity index (χ2v) is 8.40. The van der Waals surface area contributed by atoms with E-state index < -0.39 is 0 Å². The van der Waals surface area contributed by atoms with Crippen molar-refractivity contribution < 1.29 is 0 Å². The Morgan fingerprint density at radius 3 is 2.80 bits per heavy atom. The third kappa shape index (κ3) is 3.63. The maximum atomic E-state index is 6.42. The van der Waals surface area contributed by atoms with Gasteiger partial charge in [0.2, 0.25) is 0 Å². The smallest absolute Gasteiger partial charge is 0.0245 e. The summed E-state index contributed by atoms with van der Waals surface area (Å²) < 4.78 is 0. The first-order chi connectivity index (χ1) is 9.53. The van der Waals surface area contributed by atoms with Gasteiger partial charge in [0.15, 0.2) is 0 Å². The molecule has 112 valence electrons. The molecule has 0 aromatic carbocycles. The van der Waals surface area contributed by atoms with E-state index in [4.69, 9.17) is 5.73 Å². The van der Waals surface area contributed by atoms with Gasteiger partial charge in [-0.05, 0) is 65.8 Å². The first kappa shape index (κ1) is 14.6. The third-order valence-corrected chi connectivity index (χ3v) is 5.80. The number of hydrogen-bond acceptors (Lipinski definition) is 3. The summed E-state index contributed by atoms with van der Waals surface area (Å²) in [4.78, 5) is 2.70. The molecule has 0 saturated heterocycles. The minimum Gasteiger partial charge on any atom is -0.327 e. The van der Waals surface area contributed by atoms with Gasteiger partial charge in [-0.25, -0.2) is 0 Å². The number of nitrogens with zero attached hydrogens (tertiary/aromatic N) is 1. The highest BCUT2D eigenvalue weighted by atomic mass is 32.1. The Labute approximate surface area is 127 Å². The van der Waals surface area contributed by atoms with Crippen LogP contribution in [0.4, 0.5) is 0 Å². The molecule has 2 atom stereocenters. The summed E-state index contributed by atoms with van der Waals surface area (Å²) in [6, 6.07) is 3.50. The zero-order valence-electron chi connectivity index (χ0n) is 12.8. The Morgan fingerprint density at radius 2 is 2.15 bits per heavy atom.